The van der Waals surface area contributed by atoms with Gasteiger partial charge in [0.1, 0.15) is 11.7 Å². The van der Waals surface area contributed by atoms with Gasteiger partial charge in [-0.1, -0.05) is 12.1 Å². The van der Waals surface area contributed by atoms with E-state index in [1.165, 1.54) is 38.4 Å². The molecule has 0 heterocycles. The Kier molecular flexibility index (Phi) is 8.14. The third kappa shape index (κ3) is 6.02. The van der Waals surface area contributed by atoms with E-state index in [0.29, 0.717) is 28.1 Å². The summed E-state index contributed by atoms with van der Waals surface area (Å²) < 4.78 is 25.1. The molecule has 1 unspecified atom stereocenters. The standard InChI is InChI=1S/C20H21BrFN3O4/c1-4-29-17-10-13(9-14(21)18(17)28-3)11-23-25-20(27)12(2)19(26)24-16-8-6-5-7-15(16)22/h5-12H,4H2,1-3H3,(H,24,26)(H,25,27). The highest BCUT2D eigenvalue weighted by Crippen LogP contribution is 2.36. The third-order valence-corrected chi connectivity index (χ3v) is 4.43. The van der Waals surface area contributed by atoms with Crippen LogP contribution in [0.3, 0.4) is 0 Å². The zero-order valence-corrected chi connectivity index (χ0v) is 17.7. The number of ether oxygens (including phenoxy) is 2. The van der Waals surface area contributed by atoms with Gasteiger partial charge >= 0.3 is 0 Å². The van der Waals surface area contributed by atoms with Crippen molar-refractivity contribution in [2.75, 3.05) is 19.0 Å². The van der Waals surface area contributed by atoms with E-state index in [1.54, 1.807) is 18.2 Å². The Bertz CT molecular complexity index is 921. The Balaban J connectivity index is 2.01. The van der Waals surface area contributed by atoms with Gasteiger partial charge in [0.25, 0.3) is 5.91 Å². The van der Waals surface area contributed by atoms with Gasteiger partial charge in [0.15, 0.2) is 11.5 Å². The van der Waals surface area contributed by atoms with Crippen LogP contribution in [0.2, 0.25) is 0 Å². The molecule has 0 aliphatic heterocycles. The van der Waals surface area contributed by atoms with Crippen LogP contribution in [0.25, 0.3) is 0 Å². The number of hydrogen-bond acceptors (Lipinski definition) is 5. The second-order valence-electron chi connectivity index (χ2n) is 5.89. The summed E-state index contributed by atoms with van der Waals surface area (Å²) >= 11 is 3.39. The van der Waals surface area contributed by atoms with E-state index in [0.717, 1.165) is 0 Å². The zero-order valence-electron chi connectivity index (χ0n) is 16.2. The molecule has 0 aliphatic carbocycles. The highest BCUT2D eigenvalue weighted by molar-refractivity contribution is 9.10. The molecule has 2 amide bonds. The average molecular weight is 466 g/mol. The van der Waals surface area contributed by atoms with Crippen LogP contribution in [0, 0.1) is 11.7 Å². The minimum absolute atomic E-state index is 0.00666. The molecule has 0 spiro atoms. The van der Waals surface area contributed by atoms with Gasteiger partial charge in [0.2, 0.25) is 5.91 Å². The highest BCUT2D eigenvalue weighted by Gasteiger charge is 2.22. The normalized spacial score (nSPS) is 11.8. The summed E-state index contributed by atoms with van der Waals surface area (Å²) in [6.45, 7) is 3.70. The van der Waals surface area contributed by atoms with E-state index < -0.39 is 23.5 Å². The maximum absolute atomic E-state index is 13.6. The van der Waals surface area contributed by atoms with Crippen LogP contribution in [-0.2, 0) is 9.59 Å². The number of halogens is 2. The monoisotopic (exact) mass is 465 g/mol. The molecule has 0 saturated heterocycles. The van der Waals surface area contributed by atoms with Crippen molar-refractivity contribution < 1.29 is 23.5 Å². The molecule has 0 fully saturated rings. The van der Waals surface area contributed by atoms with Gasteiger partial charge in [-0.2, -0.15) is 5.10 Å². The number of methoxy groups -OCH3 is 1. The van der Waals surface area contributed by atoms with Crippen LogP contribution in [0.4, 0.5) is 10.1 Å². The lowest BCUT2D eigenvalue weighted by molar-refractivity contribution is -0.131. The maximum Gasteiger partial charge on any atom is 0.252 e. The first kappa shape index (κ1) is 22.4. The van der Waals surface area contributed by atoms with Crippen molar-refractivity contribution in [3.8, 4) is 11.5 Å². The molecule has 0 bridgehead atoms. The Labute approximate surface area is 176 Å². The Morgan fingerprint density at radius 2 is 2.00 bits per heavy atom. The van der Waals surface area contributed by atoms with Gasteiger partial charge in [-0.25, -0.2) is 9.82 Å². The number of nitrogens with one attached hydrogen (secondary N) is 2. The van der Waals surface area contributed by atoms with Crippen molar-refractivity contribution in [1.29, 1.82) is 0 Å². The van der Waals surface area contributed by atoms with Crippen molar-refractivity contribution in [2.45, 2.75) is 13.8 Å². The van der Waals surface area contributed by atoms with Gasteiger partial charge in [-0.15, -0.1) is 0 Å². The van der Waals surface area contributed by atoms with Crippen molar-refractivity contribution in [2.24, 2.45) is 11.0 Å². The van der Waals surface area contributed by atoms with Crippen molar-refractivity contribution in [3.63, 3.8) is 0 Å². The molecule has 2 aromatic rings. The van der Waals surface area contributed by atoms with Gasteiger partial charge in [-0.05, 0) is 59.6 Å². The second kappa shape index (κ2) is 10.6. The van der Waals surface area contributed by atoms with Crippen LogP contribution in [-0.4, -0.2) is 31.7 Å². The Morgan fingerprint density at radius 1 is 1.28 bits per heavy atom. The van der Waals surface area contributed by atoms with Gasteiger partial charge in [-0.3, -0.25) is 9.59 Å². The first-order valence-electron chi connectivity index (χ1n) is 8.76. The average Bonchev–Trinajstić information content (AvgIpc) is 2.69. The summed E-state index contributed by atoms with van der Waals surface area (Å²) in [5.74, 6) is -1.86. The van der Waals surface area contributed by atoms with E-state index in [-0.39, 0.29) is 5.69 Å². The fourth-order valence-corrected chi connectivity index (χ4v) is 2.93. The summed E-state index contributed by atoms with van der Waals surface area (Å²) in [7, 11) is 1.53. The fraction of sp³-hybridized carbons (Fsp3) is 0.250. The van der Waals surface area contributed by atoms with E-state index in [4.69, 9.17) is 9.47 Å². The fourth-order valence-electron chi connectivity index (χ4n) is 2.31. The quantitative estimate of drug-likeness (QED) is 0.353. The maximum atomic E-state index is 13.6. The summed E-state index contributed by atoms with van der Waals surface area (Å²) in [5, 5.41) is 6.25. The van der Waals surface area contributed by atoms with Crippen molar-refractivity contribution in [3.05, 3.63) is 52.3 Å². The molecule has 0 radical (unpaired) electrons. The molecular formula is C20H21BrFN3O4. The number of rotatable bonds is 8. The van der Waals surface area contributed by atoms with E-state index in [9.17, 15) is 14.0 Å². The number of benzene rings is 2. The topological polar surface area (TPSA) is 89.0 Å². The van der Waals surface area contributed by atoms with E-state index >= 15 is 0 Å². The largest absolute Gasteiger partial charge is 0.492 e. The molecule has 9 heteroatoms. The molecule has 154 valence electrons. The lowest BCUT2D eigenvalue weighted by Gasteiger charge is -2.12. The molecule has 2 aromatic carbocycles. The molecule has 0 aromatic heterocycles. The van der Waals surface area contributed by atoms with Crippen LogP contribution in [0.1, 0.15) is 19.4 Å². The number of anilines is 1. The van der Waals surface area contributed by atoms with Gasteiger partial charge in [0.05, 0.1) is 30.1 Å². The predicted molar refractivity (Wildman–Crippen MR) is 112 cm³/mol. The minimum Gasteiger partial charge on any atom is -0.492 e. The van der Waals surface area contributed by atoms with Crippen molar-refractivity contribution in [1.82, 2.24) is 5.43 Å². The number of nitrogens with zero attached hydrogens (tertiary/aromatic N) is 1. The van der Waals surface area contributed by atoms with E-state index in [2.05, 4.69) is 31.8 Å². The molecule has 2 rings (SSSR count). The van der Waals surface area contributed by atoms with Crippen LogP contribution >= 0.6 is 15.9 Å². The number of carbonyl (C=O) groups is 2. The molecule has 7 nitrogen and oxygen atoms in total. The summed E-state index contributed by atoms with van der Waals surface area (Å²) in [6, 6.07) is 9.16. The summed E-state index contributed by atoms with van der Waals surface area (Å²) in [5.41, 5.74) is 2.95. The molecular weight excluding hydrogens is 445 g/mol. The number of hydrazone groups is 1. The van der Waals surface area contributed by atoms with Crippen LogP contribution in [0.5, 0.6) is 11.5 Å². The number of para-hydroxylation sites is 1. The number of carbonyl (C=O) groups excluding carboxylic acids is 2. The number of amides is 2. The minimum atomic E-state index is -1.08. The van der Waals surface area contributed by atoms with Gasteiger partial charge < -0.3 is 14.8 Å². The number of hydrogen-bond donors (Lipinski definition) is 2. The zero-order chi connectivity index (χ0) is 21.4. The smallest absolute Gasteiger partial charge is 0.252 e. The van der Waals surface area contributed by atoms with Gasteiger partial charge in [0, 0.05) is 0 Å². The lowest BCUT2D eigenvalue weighted by atomic mass is 10.1. The third-order valence-electron chi connectivity index (χ3n) is 3.84. The Hall–Kier alpha value is -2.94. The molecule has 0 aliphatic rings. The second-order valence-corrected chi connectivity index (χ2v) is 6.75. The molecule has 1 atom stereocenters. The first-order valence-corrected chi connectivity index (χ1v) is 9.55. The van der Waals surface area contributed by atoms with Crippen LogP contribution < -0.4 is 20.2 Å². The highest BCUT2D eigenvalue weighted by atomic mass is 79.9. The summed E-state index contributed by atoms with van der Waals surface area (Å²) in [4.78, 5) is 24.3. The summed E-state index contributed by atoms with van der Waals surface area (Å²) in [6.07, 6.45) is 1.41. The lowest BCUT2D eigenvalue weighted by Crippen LogP contribution is -2.34. The SMILES string of the molecule is CCOc1cc(C=NNC(=O)C(C)C(=O)Nc2ccccc2F)cc(Br)c1OC. The first-order chi connectivity index (χ1) is 13.9. The molecule has 2 N–H and O–H groups in total. The Morgan fingerprint density at radius 3 is 2.66 bits per heavy atom. The predicted octanol–water partition coefficient (Wildman–Crippen LogP) is 3.72. The molecule has 0 saturated carbocycles. The molecule has 29 heavy (non-hydrogen) atoms. The van der Waals surface area contributed by atoms with Crippen LogP contribution in [0.15, 0.2) is 46.0 Å². The van der Waals surface area contributed by atoms with E-state index in [1.807, 2.05) is 6.92 Å². The van der Waals surface area contributed by atoms with Crippen molar-refractivity contribution >= 4 is 39.6 Å².